The molecule has 1 N–H and O–H groups in total. The summed E-state index contributed by atoms with van der Waals surface area (Å²) >= 11 is 27.2. The van der Waals surface area contributed by atoms with Gasteiger partial charge in [0.15, 0.2) is 22.6 Å². The maximum absolute atomic E-state index is 12.9. The highest BCUT2D eigenvalue weighted by Crippen LogP contribution is 2.42. The Kier molecular flexibility index (Phi) is 24.4. The van der Waals surface area contributed by atoms with Crippen LogP contribution in [0, 0.1) is 11.3 Å². The molecular formula is C87H70Cl4N20O6. The molecule has 26 nitrogen and oxygen atoms in total. The van der Waals surface area contributed by atoms with Crippen molar-refractivity contribution in [2.75, 3.05) is 53.0 Å². The smallest absolute Gasteiger partial charge is 0.325 e. The van der Waals surface area contributed by atoms with Crippen LogP contribution in [0.1, 0.15) is 12.8 Å². The van der Waals surface area contributed by atoms with Gasteiger partial charge in [-0.2, -0.15) is 25.7 Å². The Morgan fingerprint density at radius 2 is 0.598 bits per heavy atom. The van der Waals surface area contributed by atoms with Gasteiger partial charge in [-0.3, -0.25) is 19.2 Å². The number of hydrogen-bond acceptors (Lipinski definition) is 18. The third-order valence-corrected chi connectivity index (χ3v) is 20.9. The van der Waals surface area contributed by atoms with Gasteiger partial charge < -0.3 is 24.5 Å². The van der Waals surface area contributed by atoms with Crippen molar-refractivity contribution in [2.24, 2.45) is 0 Å². The van der Waals surface area contributed by atoms with E-state index in [2.05, 4.69) is 51.0 Å². The SMILES string of the molecule is CN(CC#N)C(=O)Cn1nc(-c2ccccc2)c2c(Cl)c(-c3ccccc3)nnc21.O=C(Cn1nc(-c2ccccc2)c2c(Cl)c(-c3ccccc3)nnc21)N1CCCC1.O=C(Cn1nc(-c2ccccc2)c2c(Cl)c(-c3ccccc3)nnc21)N1CCOCC1.O=C(O)Cn1nc(-c2ccccc2)c2c(Cl)c(-c3ccccc3)nnc21. The third kappa shape index (κ3) is 17.3. The predicted molar refractivity (Wildman–Crippen MR) is 449 cm³/mol. The number of rotatable bonds is 17. The fourth-order valence-electron chi connectivity index (χ4n) is 13.6. The minimum atomic E-state index is -1.01. The van der Waals surface area contributed by atoms with Crippen LogP contribution in [0.3, 0.4) is 0 Å². The molecule has 0 spiro atoms. The van der Waals surface area contributed by atoms with E-state index in [-0.39, 0.29) is 50.4 Å². The van der Waals surface area contributed by atoms with Crippen LogP contribution >= 0.6 is 46.4 Å². The number of fused-ring (bicyclic) bond motifs is 4. The van der Waals surface area contributed by atoms with Crippen molar-refractivity contribution >= 4 is 114 Å². The first-order valence-corrected chi connectivity index (χ1v) is 38.8. The van der Waals surface area contributed by atoms with E-state index >= 15 is 0 Å². The molecule has 0 unspecified atom stereocenters. The number of morpholine rings is 1. The molecule has 2 saturated heterocycles. The van der Waals surface area contributed by atoms with Crippen molar-refractivity contribution in [3.63, 3.8) is 0 Å². The van der Waals surface area contributed by atoms with Gasteiger partial charge in [-0.25, -0.2) is 18.7 Å². The fourth-order valence-corrected chi connectivity index (χ4v) is 14.9. The number of aromatic nitrogens is 16. The van der Waals surface area contributed by atoms with E-state index in [0.29, 0.717) is 136 Å². The predicted octanol–water partition coefficient (Wildman–Crippen LogP) is 15.8. The molecule has 18 rings (SSSR count). The molecule has 8 aromatic heterocycles. The Morgan fingerprint density at radius 3 is 0.855 bits per heavy atom. The van der Waals surface area contributed by atoms with Gasteiger partial charge in [0.05, 0.1) is 60.9 Å². The second-order valence-corrected chi connectivity index (χ2v) is 28.6. The van der Waals surface area contributed by atoms with E-state index < -0.39 is 5.97 Å². The number of carbonyl (C=O) groups is 4. The molecule has 8 aromatic carbocycles. The zero-order valence-electron chi connectivity index (χ0n) is 62.7. The highest BCUT2D eigenvalue weighted by Gasteiger charge is 2.29. The lowest BCUT2D eigenvalue weighted by Gasteiger charge is -2.26. The minimum Gasteiger partial charge on any atom is -0.480 e. The van der Waals surface area contributed by atoms with Crippen molar-refractivity contribution in [3.8, 4) is 96.1 Å². The van der Waals surface area contributed by atoms with Crippen molar-refractivity contribution in [3.05, 3.63) is 263 Å². The number of nitriles is 1. The molecule has 0 atom stereocenters. The number of halogens is 4. The normalized spacial score (nSPS) is 12.5. The lowest BCUT2D eigenvalue weighted by molar-refractivity contribution is -0.138. The van der Waals surface area contributed by atoms with Crippen molar-refractivity contribution in [1.82, 2.24) is 94.6 Å². The molecule has 0 bridgehead atoms. The van der Waals surface area contributed by atoms with Gasteiger partial charge in [0.1, 0.15) is 78.3 Å². The number of amides is 3. The van der Waals surface area contributed by atoms with E-state index in [0.717, 1.165) is 70.4 Å². The average Bonchev–Trinajstić information content (AvgIpc) is 1.64. The van der Waals surface area contributed by atoms with Crippen LogP contribution < -0.4 is 0 Å². The number of nitrogens with zero attached hydrogens (tertiary/aromatic N) is 20. The first-order chi connectivity index (χ1) is 57.2. The van der Waals surface area contributed by atoms with Crippen LogP contribution in [0.2, 0.25) is 20.1 Å². The lowest BCUT2D eigenvalue weighted by Crippen LogP contribution is -2.42. The second-order valence-electron chi connectivity index (χ2n) is 27.1. The highest BCUT2D eigenvalue weighted by atomic mass is 35.5. The van der Waals surface area contributed by atoms with Gasteiger partial charge in [0, 0.05) is 77.7 Å². The van der Waals surface area contributed by atoms with Gasteiger partial charge >= 0.3 is 5.97 Å². The second kappa shape index (κ2) is 36.3. The van der Waals surface area contributed by atoms with Crippen LogP contribution in [0.4, 0.5) is 0 Å². The number of aliphatic carboxylic acids is 1. The van der Waals surface area contributed by atoms with E-state index in [4.69, 9.17) is 71.7 Å². The van der Waals surface area contributed by atoms with Crippen molar-refractivity contribution < 1.29 is 29.0 Å². The molecule has 3 amide bonds. The maximum Gasteiger partial charge on any atom is 0.325 e. The summed E-state index contributed by atoms with van der Waals surface area (Å²) in [6.07, 6.45) is 2.10. The van der Waals surface area contributed by atoms with Gasteiger partial charge in [0.25, 0.3) is 0 Å². The largest absolute Gasteiger partial charge is 0.480 e. The number of ether oxygens (including phenoxy) is 1. The van der Waals surface area contributed by atoms with Crippen LogP contribution in [0.25, 0.3) is 134 Å². The summed E-state index contributed by atoms with van der Waals surface area (Å²) in [5.41, 5.74) is 13.6. The molecule has 117 heavy (non-hydrogen) atoms. The van der Waals surface area contributed by atoms with Crippen LogP contribution in [-0.4, -0.2) is 176 Å². The zero-order valence-corrected chi connectivity index (χ0v) is 65.8. The number of likely N-dealkylation sites (tertiary alicyclic amines) is 1. The van der Waals surface area contributed by atoms with Gasteiger partial charge in [-0.05, 0) is 12.8 Å². The molecule has 0 aliphatic carbocycles. The first-order valence-electron chi connectivity index (χ1n) is 37.3. The third-order valence-electron chi connectivity index (χ3n) is 19.5. The van der Waals surface area contributed by atoms with Gasteiger partial charge in [0.2, 0.25) is 17.7 Å². The summed E-state index contributed by atoms with van der Waals surface area (Å²) < 4.78 is 11.4. The van der Waals surface area contributed by atoms with Gasteiger partial charge in [-0.1, -0.05) is 289 Å². The highest BCUT2D eigenvalue weighted by molar-refractivity contribution is 6.40. The quantitative estimate of drug-likeness (QED) is 0.0828. The van der Waals surface area contributed by atoms with E-state index in [1.807, 2.05) is 254 Å². The van der Waals surface area contributed by atoms with Crippen LogP contribution in [-0.2, 0) is 50.1 Å². The Labute approximate surface area is 689 Å². The summed E-state index contributed by atoms with van der Waals surface area (Å²) in [5, 5.41) is 75.7. The maximum atomic E-state index is 12.9. The van der Waals surface area contributed by atoms with Gasteiger partial charge in [-0.15, -0.1) is 40.8 Å². The van der Waals surface area contributed by atoms with E-state index in [1.54, 1.807) is 21.3 Å². The van der Waals surface area contributed by atoms with Crippen molar-refractivity contribution in [2.45, 2.75) is 39.0 Å². The molecule has 10 heterocycles. The van der Waals surface area contributed by atoms with Crippen LogP contribution in [0.15, 0.2) is 243 Å². The molecule has 2 fully saturated rings. The molecule has 16 aromatic rings. The Balaban J connectivity index is 0.000000122. The fraction of sp³-hybridized carbons (Fsp3) is 0.161. The Morgan fingerprint density at radius 1 is 0.359 bits per heavy atom. The zero-order chi connectivity index (χ0) is 80.9. The first kappa shape index (κ1) is 78.7. The molecular weight excluding hydrogens is 1560 g/mol. The number of carboxylic acid groups (broad SMARTS) is 1. The standard InChI is InChI=1S/C23H20ClN5O2.C23H20ClN5O.C22H17ClN6O.C19H13ClN4O2/c24-20-19-21(16-7-3-1-4-8-16)27-29(15-18(30)28-11-13-31-14-12-28)23(19)26-25-22(20)17-9-5-2-6-10-17;24-20-19-21(16-9-3-1-4-10-16)27-29(15-18(30)28-13-7-8-14-28)23(19)26-25-22(20)17-11-5-2-6-12-17;1-28(13-12-24)17(30)14-29-22-18(20(27-29)15-8-4-2-5-9-15)19(23)21(25-26-22)16-10-6-3-7-11-16;20-16-15-17(12-7-3-1-4-8-12)23-24(11-14(25)26)19(15)22-21-18(16)13-9-5-2-6-10-13/h1-10H,11-15H2;1-6,9-12H,7-8,13-15H2;2-11H,13-14H2,1H3;1-10H,11H2,(H,25,26). The average molecular weight is 1630 g/mol. The van der Waals surface area contributed by atoms with E-state index in [1.165, 1.54) is 14.3 Å². The van der Waals surface area contributed by atoms with Crippen molar-refractivity contribution in [1.29, 1.82) is 5.26 Å². The molecule has 2 aliphatic rings. The molecule has 30 heteroatoms. The molecule has 0 saturated carbocycles. The Hall–Kier alpha value is -13.6. The summed E-state index contributed by atoms with van der Waals surface area (Å²) in [6, 6.07) is 79.0. The molecule has 0 radical (unpaired) electrons. The molecule has 2 aliphatic heterocycles. The molecule has 582 valence electrons. The number of likely N-dealkylation sites (N-methyl/N-ethyl adjacent to an activating group) is 1. The summed E-state index contributed by atoms with van der Waals surface area (Å²) in [6.45, 7) is 3.65. The Bertz CT molecular complexity index is 6300. The number of hydrogen-bond donors (Lipinski definition) is 1. The topological polar surface area (TPSA) is 306 Å². The monoisotopic (exact) mass is 1630 g/mol. The number of carbonyl (C=O) groups excluding carboxylic acids is 3. The number of benzene rings is 8. The number of carboxylic acids is 1. The minimum absolute atomic E-state index is 0.00579. The summed E-state index contributed by atoms with van der Waals surface area (Å²) in [5.74, 6) is -1.26. The van der Waals surface area contributed by atoms with E-state index in [9.17, 15) is 19.2 Å². The van der Waals surface area contributed by atoms with Crippen LogP contribution in [0.5, 0.6) is 0 Å². The lowest BCUT2D eigenvalue weighted by atomic mass is 10.1. The summed E-state index contributed by atoms with van der Waals surface area (Å²) in [4.78, 5) is 54.3. The summed E-state index contributed by atoms with van der Waals surface area (Å²) in [7, 11) is 1.57.